The fourth-order valence-corrected chi connectivity index (χ4v) is 2.10. The zero-order valence-corrected chi connectivity index (χ0v) is 12.6. The summed E-state index contributed by atoms with van der Waals surface area (Å²) in [7, 11) is 1.36. The molecule has 104 valence electrons. The molecule has 0 heterocycles. The molecule has 2 aromatic carbocycles. The average molecular weight is 338 g/mol. The summed E-state index contributed by atoms with van der Waals surface area (Å²) in [5, 5.41) is 2.79. The van der Waals surface area contributed by atoms with Gasteiger partial charge >= 0.3 is 0 Å². The lowest BCUT2D eigenvalue weighted by molar-refractivity contribution is 0.102. The Hall–Kier alpha value is -1.88. The van der Waals surface area contributed by atoms with E-state index in [0.717, 1.165) is 10.0 Å². The summed E-state index contributed by atoms with van der Waals surface area (Å²) < 4.78 is 19.1. The smallest absolute Gasteiger partial charge is 0.255 e. The molecule has 20 heavy (non-hydrogen) atoms. The molecule has 0 aliphatic carbocycles. The van der Waals surface area contributed by atoms with Crippen LogP contribution in [0, 0.1) is 12.7 Å². The number of amides is 1. The molecule has 0 atom stereocenters. The second-order valence-electron chi connectivity index (χ2n) is 4.22. The number of methoxy groups -OCH3 is 1. The monoisotopic (exact) mass is 337 g/mol. The SMILES string of the molecule is COc1cc(C(=O)Nc2cccc(Br)c2C)ccc1F. The van der Waals surface area contributed by atoms with Crippen molar-refractivity contribution >= 4 is 27.5 Å². The van der Waals surface area contributed by atoms with Crippen molar-refractivity contribution in [2.45, 2.75) is 6.92 Å². The molecule has 0 radical (unpaired) electrons. The highest BCUT2D eigenvalue weighted by Gasteiger charge is 2.12. The van der Waals surface area contributed by atoms with E-state index in [2.05, 4.69) is 21.2 Å². The summed E-state index contributed by atoms with van der Waals surface area (Å²) in [5.41, 5.74) is 1.96. The van der Waals surface area contributed by atoms with Crippen molar-refractivity contribution in [2.24, 2.45) is 0 Å². The molecule has 0 aliphatic rings. The van der Waals surface area contributed by atoms with Crippen LogP contribution in [0.2, 0.25) is 0 Å². The van der Waals surface area contributed by atoms with Gasteiger partial charge in [-0.25, -0.2) is 4.39 Å². The van der Waals surface area contributed by atoms with Crippen LogP contribution in [0.4, 0.5) is 10.1 Å². The largest absolute Gasteiger partial charge is 0.494 e. The van der Waals surface area contributed by atoms with E-state index < -0.39 is 5.82 Å². The van der Waals surface area contributed by atoms with Crippen LogP contribution in [0.15, 0.2) is 40.9 Å². The summed E-state index contributed by atoms with van der Waals surface area (Å²) in [6.07, 6.45) is 0. The number of hydrogen-bond acceptors (Lipinski definition) is 2. The highest BCUT2D eigenvalue weighted by molar-refractivity contribution is 9.10. The number of hydrogen-bond donors (Lipinski definition) is 1. The van der Waals surface area contributed by atoms with Gasteiger partial charge in [-0.1, -0.05) is 22.0 Å². The lowest BCUT2D eigenvalue weighted by atomic mass is 10.1. The highest BCUT2D eigenvalue weighted by atomic mass is 79.9. The molecule has 2 rings (SSSR count). The standard InChI is InChI=1S/C15H13BrFNO2/c1-9-11(16)4-3-5-13(9)18-15(19)10-6-7-12(17)14(8-10)20-2/h3-8H,1-2H3,(H,18,19). The molecule has 5 heteroatoms. The summed E-state index contributed by atoms with van der Waals surface area (Å²) >= 11 is 3.40. The van der Waals surface area contributed by atoms with Crippen molar-refractivity contribution in [1.29, 1.82) is 0 Å². The van der Waals surface area contributed by atoms with Gasteiger partial charge in [0.1, 0.15) is 0 Å². The Balaban J connectivity index is 2.26. The maximum absolute atomic E-state index is 13.3. The van der Waals surface area contributed by atoms with E-state index in [9.17, 15) is 9.18 Å². The molecule has 0 aromatic heterocycles. The third kappa shape index (κ3) is 2.99. The molecule has 0 aliphatic heterocycles. The molecule has 3 nitrogen and oxygen atoms in total. The number of rotatable bonds is 3. The van der Waals surface area contributed by atoms with E-state index in [1.165, 1.54) is 25.3 Å². The first-order chi connectivity index (χ1) is 9.52. The van der Waals surface area contributed by atoms with Crippen molar-refractivity contribution in [3.63, 3.8) is 0 Å². The van der Waals surface area contributed by atoms with Gasteiger partial charge in [0.05, 0.1) is 7.11 Å². The van der Waals surface area contributed by atoms with Crippen molar-refractivity contribution in [2.75, 3.05) is 12.4 Å². The van der Waals surface area contributed by atoms with Gasteiger partial charge in [0, 0.05) is 15.7 Å². The van der Waals surface area contributed by atoms with Crippen LogP contribution in [-0.2, 0) is 0 Å². The van der Waals surface area contributed by atoms with E-state index in [-0.39, 0.29) is 11.7 Å². The first kappa shape index (κ1) is 14.5. The number of anilines is 1. The Bertz CT molecular complexity index is 658. The minimum Gasteiger partial charge on any atom is -0.494 e. The quantitative estimate of drug-likeness (QED) is 0.913. The van der Waals surface area contributed by atoms with E-state index in [1.807, 2.05) is 19.1 Å². The summed E-state index contributed by atoms with van der Waals surface area (Å²) in [6, 6.07) is 9.53. The number of benzene rings is 2. The van der Waals surface area contributed by atoms with Crippen LogP contribution in [0.25, 0.3) is 0 Å². The van der Waals surface area contributed by atoms with Gasteiger partial charge in [0.15, 0.2) is 11.6 Å². The fraction of sp³-hybridized carbons (Fsp3) is 0.133. The van der Waals surface area contributed by atoms with Gasteiger partial charge in [0.25, 0.3) is 5.91 Å². The fourth-order valence-electron chi connectivity index (χ4n) is 1.74. The molecule has 0 unspecified atom stereocenters. The maximum atomic E-state index is 13.3. The third-order valence-corrected chi connectivity index (χ3v) is 3.79. The van der Waals surface area contributed by atoms with Crippen molar-refractivity contribution in [3.8, 4) is 5.75 Å². The average Bonchev–Trinajstić information content (AvgIpc) is 2.44. The first-order valence-electron chi connectivity index (χ1n) is 5.93. The molecule has 0 bridgehead atoms. The topological polar surface area (TPSA) is 38.3 Å². The van der Waals surface area contributed by atoms with Crippen LogP contribution < -0.4 is 10.1 Å². The first-order valence-corrected chi connectivity index (χ1v) is 6.72. The molecule has 0 spiro atoms. The zero-order valence-electron chi connectivity index (χ0n) is 11.0. The zero-order chi connectivity index (χ0) is 14.7. The van der Waals surface area contributed by atoms with E-state index in [4.69, 9.17) is 4.74 Å². The van der Waals surface area contributed by atoms with Gasteiger partial charge in [0.2, 0.25) is 0 Å². The van der Waals surface area contributed by atoms with Crippen molar-refractivity contribution < 1.29 is 13.9 Å². The normalized spacial score (nSPS) is 10.2. The molecule has 0 saturated heterocycles. The summed E-state index contributed by atoms with van der Waals surface area (Å²) in [4.78, 5) is 12.2. The molecule has 2 aromatic rings. The Labute approximate surface area is 124 Å². The lowest BCUT2D eigenvalue weighted by Crippen LogP contribution is -2.13. The van der Waals surface area contributed by atoms with Crippen LogP contribution in [0.3, 0.4) is 0 Å². The van der Waals surface area contributed by atoms with Crippen LogP contribution in [-0.4, -0.2) is 13.0 Å². The second-order valence-corrected chi connectivity index (χ2v) is 5.07. The van der Waals surface area contributed by atoms with Gasteiger partial charge in [-0.15, -0.1) is 0 Å². The number of carbonyl (C=O) groups is 1. The molecular weight excluding hydrogens is 325 g/mol. The Morgan fingerprint density at radius 3 is 2.75 bits per heavy atom. The maximum Gasteiger partial charge on any atom is 0.255 e. The van der Waals surface area contributed by atoms with Gasteiger partial charge in [-0.05, 0) is 42.8 Å². The van der Waals surface area contributed by atoms with E-state index in [1.54, 1.807) is 6.07 Å². The number of carbonyl (C=O) groups excluding carboxylic acids is 1. The Morgan fingerprint density at radius 1 is 1.30 bits per heavy atom. The minimum atomic E-state index is -0.498. The summed E-state index contributed by atoms with van der Waals surface area (Å²) in [5.74, 6) is -0.768. The van der Waals surface area contributed by atoms with E-state index in [0.29, 0.717) is 11.3 Å². The van der Waals surface area contributed by atoms with Crippen LogP contribution in [0.1, 0.15) is 15.9 Å². The molecule has 0 fully saturated rings. The molecular formula is C15H13BrFNO2. The van der Waals surface area contributed by atoms with Gasteiger partial charge in [-0.3, -0.25) is 4.79 Å². The predicted molar refractivity (Wildman–Crippen MR) is 79.8 cm³/mol. The van der Waals surface area contributed by atoms with Crippen molar-refractivity contribution in [3.05, 3.63) is 57.8 Å². The summed E-state index contributed by atoms with van der Waals surface area (Å²) in [6.45, 7) is 1.89. The molecule has 0 saturated carbocycles. The second kappa shape index (κ2) is 6.05. The highest BCUT2D eigenvalue weighted by Crippen LogP contribution is 2.24. The van der Waals surface area contributed by atoms with E-state index >= 15 is 0 Å². The lowest BCUT2D eigenvalue weighted by Gasteiger charge is -2.10. The Kier molecular flexibility index (Phi) is 4.39. The third-order valence-electron chi connectivity index (χ3n) is 2.93. The molecule has 1 amide bonds. The van der Waals surface area contributed by atoms with Gasteiger partial charge < -0.3 is 10.1 Å². The molecule has 1 N–H and O–H groups in total. The predicted octanol–water partition coefficient (Wildman–Crippen LogP) is 4.16. The van der Waals surface area contributed by atoms with Gasteiger partial charge in [-0.2, -0.15) is 0 Å². The number of ether oxygens (including phenoxy) is 1. The Morgan fingerprint density at radius 2 is 2.05 bits per heavy atom. The minimum absolute atomic E-state index is 0.0450. The van der Waals surface area contributed by atoms with Crippen LogP contribution in [0.5, 0.6) is 5.75 Å². The van der Waals surface area contributed by atoms with Crippen LogP contribution >= 0.6 is 15.9 Å². The number of nitrogens with one attached hydrogen (secondary N) is 1. The number of halogens is 2. The van der Waals surface area contributed by atoms with Crippen molar-refractivity contribution in [1.82, 2.24) is 0 Å².